The van der Waals surface area contributed by atoms with Crippen LogP contribution in [0.1, 0.15) is 44.1 Å². The van der Waals surface area contributed by atoms with Gasteiger partial charge in [-0.25, -0.2) is 0 Å². The minimum atomic E-state index is -1.13. The molecule has 4 bridgehead atoms. The highest BCUT2D eigenvalue weighted by atomic mass is 32.2. The molecule has 2 unspecified atom stereocenters. The van der Waals surface area contributed by atoms with Crippen LogP contribution in [-0.2, 0) is 21.3 Å². The van der Waals surface area contributed by atoms with E-state index in [1.165, 1.54) is 19.3 Å². The van der Waals surface area contributed by atoms with Crippen molar-refractivity contribution in [1.82, 2.24) is 4.98 Å². The Kier molecular flexibility index (Phi) is 3.67. The van der Waals surface area contributed by atoms with Crippen LogP contribution in [0.5, 0.6) is 0 Å². The fourth-order valence-electron chi connectivity index (χ4n) is 5.75. The van der Waals surface area contributed by atoms with Crippen molar-refractivity contribution >= 4 is 17.1 Å². The van der Waals surface area contributed by atoms with Gasteiger partial charge in [-0.1, -0.05) is 6.07 Å². The average Bonchev–Trinajstić information content (AvgIpc) is 2.47. The number of carbonyl (C=O) groups excluding carboxylic acids is 1. The predicted molar refractivity (Wildman–Crippen MR) is 86.5 cm³/mol. The lowest BCUT2D eigenvalue weighted by molar-refractivity contribution is -0.114. The van der Waals surface area contributed by atoms with Crippen LogP contribution in [0.25, 0.3) is 0 Å². The van der Waals surface area contributed by atoms with Gasteiger partial charge < -0.3 is 4.79 Å². The van der Waals surface area contributed by atoms with Gasteiger partial charge >= 0.3 is 0 Å². The molecular formula is C18H23NO2S. The molecule has 2 atom stereocenters. The molecule has 1 aromatic heterocycles. The Morgan fingerprint density at radius 1 is 1.23 bits per heavy atom. The molecule has 4 aliphatic carbocycles. The Labute approximate surface area is 134 Å². The van der Waals surface area contributed by atoms with E-state index < -0.39 is 10.8 Å². The summed E-state index contributed by atoms with van der Waals surface area (Å²) < 4.78 is 12.9. The monoisotopic (exact) mass is 317 g/mol. The lowest BCUT2D eigenvalue weighted by atomic mass is 9.49. The molecule has 0 N–H and O–H groups in total. The standard InChI is InChI=1S/C18H23NO2S/c20-11-17(22(21)12-13-2-1-3-19-10-13)18-7-14-4-15(8-18)6-16(5-14)9-18/h1-3,10-11,14-17H,4-9,12H2. The van der Waals surface area contributed by atoms with Gasteiger partial charge in [0.05, 0.1) is 11.0 Å². The van der Waals surface area contributed by atoms with E-state index in [1.54, 1.807) is 12.4 Å². The second kappa shape index (κ2) is 5.55. The van der Waals surface area contributed by atoms with Crippen LogP contribution in [-0.4, -0.2) is 20.7 Å². The minimum absolute atomic E-state index is 0.0313. The lowest BCUT2D eigenvalue weighted by Gasteiger charge is -2.58. The number of nitrogens with zero attached hydrogens (tertiary/aromatic N) is 1. The molecule has 0 radical (unpaired) electrons. The second-order valence-corrected chi connectivity index (χ2v) is 9.28. The van der Waals surface area contributed by atoms with Crippen LogP contribution in [0, 0.1) is 23.2 Å². The predicted octanol–water partition coefficient (Wildman–Crippen LogP) is 3.11. The van der Waals surface area contributed by atoms with Crippen LogP contribution in [0.15, 0.2) is 24.5 Å². The Morgan fingerprint density at radius 2 is 1.86 bits per heavy atom. The van der Waals surface area contributed by atoms with Crippen LogP contribution < -0.4 is 0 Å². The van der Waals surface area contributed by atoms with Crippen LogP contribution in [0.3, 0.4) is 0 Å². The molecule has 5 rings (SSSR count). The summed E-state index contributed by atoms with van der Waals surface area (Å²) >= 11 is 0. The van der Waals surface area contributed by atoms with Gasteiger partial charge in [0, 0.05) is 23.2 Å². The first-order chi connectivity index (χ1) is 10.7. The van der Waals surface area contributed by atoms with Gasteiger partial charge in [0.1, 0.15) is 6.29 Å². The highest BCUT2D eigenvalue weighted by Crippen LogP contribution is 2.61. The van der Waals surface area contributed by atoms with Gasteiger partial charge in [0.25, 0.3) is 0 Å². The molecule has 22 heavy (non-hydrogen) atoms. The van der Waals surface area contributed by atoms with Gasteiger partial charge in [-0.3, -0.25) is 9.19 Å². The van der Waals surface area contributed by atoms with Crippen molar-refractivity contribution in [3.8, 4) is 0 Å². The molecule has 4 saturated carbocycles. The van der Waals surface area contributed by atoms with Gasteiger partial charge in [0.2, 0.25) is 0 Å². The van der Waals surface area contributed by atoms with Crippen LogP contribution >= 0.6 is 0 Å². The van der Waals surface area contributed by atoms with E-state index in [0.29, 0.717) is 5.75 Å². The van der Waals surface area contributed by atoms with Gasteiger partial charge in [-0.2, -0.15) is 0 Å². The van der Waals surface area contributed by atoms with Crippen molar-refractivity contribution in [3.05, 3.63) is 30.1 Å². The van der Waals surface area contributed by atoms with Crippen molar-refractivity contribution in [2.45, 2.75) is 49.5 Å². The first-order valence-electron chi connectivity index (χ1n) is 8.40. The van der Waals surface area contributed by atoms with Crippen molar-refractivity contribution in [2.75, 3.05) is 0 Å². The van der Waals surface area contributed by atoms with E-state index in [-0.39, 0.29) is 10.7 Å². The fourth-order valence-corrected chi connectivity index (χ4v) is 7.40. The molecule has 1 aromatic rings. The SMILES string of the molecule is O=CC(S(=O)Cc1cccnc1)C12CC3CC(CC(C3)C1)C2. The minimum Gasteiger partial charge on any atom is -0.302 e. The Bertz CT molecular complexity index is 551. The highest BCUT2D eigenvalue weighted by Gasteiger charge is 2.55. The van der Waals surface area contributed by atoms with Gasteiger partial charge in [-0.15, -0.1) is 0 Å². The zero-order valence-electron chi connectivity index (χ0n) is 12.8. The smallest absolute Gasteiger partial charge is 0.136 e. The summed E-state index contributed by atoms with van der Waals surface area (Å²) in [6.07, 6.45) is 11.9. The third-order valence-corrected chi connectivity index (χ3v) is 7.92. The number of pyridine rings is 1. The van der Waals surface area contributed by atoms with E-state index >= 15 is 0 Å². The molecule has 0 amide bonds. The Balaban J connectivity index is 1.56. The number of carbonyl (C=O) groups is 1. The average molecular weight is 317 g/mol. The first-order valence-corrected chi connectivity index (χ1v) is 9.78. The quantitative estimate of drug-likeness (QED) is 0.784. The van der Waals surface area contributed by atoms with Gasteiger partial charge in [-0.05, 0) is 73.3 Å². The van der Waals surface area contributed by atoms with E-state index in [2.05, 4.69) is 4.98 Å². The number of aromatic nitrogens is 1. The van der Waals surface area contributed by atoms with Crippen molar-refractivity contribution in [3.63, 3.8) is 0 Å². The molecule has 1 heterocycles. The molecule has 0 spiro atoms. The summed E-state index contributed by atoms with van der Waals surface area (Å²) in [6, 6.07) is 3.82. The maximum absolute atomic E-state index is 12.9. The second-order valence-electron chi connectivity index (χ2n) is 7.72. The normalized spacial score (nSPS) is 38.6. The van der Waals surface area contributed by atoms with Crippen molar-refractivity contribution < 1.29 is 9.00 Å². The fraction of sp³-hybridized carbons (Fsp3) is 0.667. The summed E-state index contributed by atoms with van der Waals surface area (Å²) in [4.78, 5) is 15.9. The summed E-state index contributed by atoms with van der Waals surface area (Å²) in [5, 5.41) is -0.291. The molecule has 4 aliphatic rings. The maximum Gasteiger partial charge on any atom is 0.136 e. The summed E-state index contributed by atoms with van der Waals surface area (Å²) in [5.74, 6) is 2.80. The molecule has 4 heteroatoms. The van der Waals surface area contributed by atoms with Crippen LogP contribution in [0.2, 0.25) is 0 Å². The van der Waals surface area contributed by atoms with Gasteiger partial charge in [0.15, 0.2) is 0 Å². The zero-order chi connectivity index (χ0) is 15.2. The van der Waals surface area contributed by atoms with Crippen molar-refractivity contribution in [1.29, 1.82) is 0 Å². The topological polar surface area (TPSA) is 47.0 Å². The van der Waals surface area contributed by atoms with E-state index in [1.807, 2.05) is 12.1 Å². The molecule has 0 aromatic carbocycles. The Morgan fingerprint density at radius 3 is 2.36 bits per heavy atom. The van der Waals surface area contributed by atoms with E-state index in [4.69, 9.17) is 0 Å². The third-order valence-electron chi connectivity index (χ3n) is 6.13. The molecule has 4 fully saturated rings. The third kappa shape index (κ3) is 2.45. The number of aldehydes is 1. The number of hydrogen-bond donors (Lipinski definition) is 0. The van der Waals surface area contributed by atoms with Crippen LogP contribution in [0.4, 0.5) is 0 Å². The summed E-state index contributed by atoms with van der Waals surface area (Å²) in [6.45, 7) is 0. The van der Waals surface area contributed by atoms with Crippen molar-refractivity contribution in [2.24, 2.45) is 23.2 Å². The molecule has 118 valence electrons. The molecular weight excluding hydrogens is 294 g/mol. The molecule has 3 nitrogen and oxygen atoms in total. The maximum atomic E-state index is 12.9. The Hall–Kier alpha value is -1.03. The number of rotatable bonds is 5. The lowest BCUT2D eigenvalue weighted by Crippen LogP contribution is -2.53. The summed E-state index contributed by atoms with van der Waals surface area (Å²) in [7, 11) is -1.13. The first kappa shape index (κ1) is 14.6. The molecule has 0 aliphatic heterocycles. The van der Waals surface area contributed by atoms with E-state index in [9.17, 15) is 9.00 Å². The number of hydrogen-bond acceptors (Lipinski definition) is 3. The van der Waals surface area contributed by atoms with E-state index in [0.717, 1.165) is 48.9 Å². The zero-order valence-corrected chi connectivity index (χ0v) is 13.6. The highest BCUT2D eigenvalue weighted by molar-refractivity contribution is 7.85. The molecule has 0 saturated heterocycles. The largest absolute Gasteiger partial charge is 0.302 e. The summed E-state index contributed by atoms with van der Waals surface area (Å²) in [5.41, 5.74) is 1.00.